The predicted octanol–water partition coefficient (Wildman–Crippen LogP) is 8.87. The van der Waals surface area contributed by atoms with Crippen molar-refractivity contribution in [3.8, 4) is 16.9 Å². The van der Waals surface area contributed by atoms with Gasteiger partial charge in [0, 0.05) is 24.9 Å². The smallest absolute Gasteiger partial charge is 0.307 e. The molecule has 3 aromatic carbocycles. The summed E-state index contributed by atoms with van der Waals surface area (Å²) in [6.07, 6.45) is 5.98. The molecule has 0 unspecified atom stereocenters. The van der Waals surface area contributed by atoms with Crippen LogP contribution >= 0.6 is 0 Å². The quantitative estimate of drug-likeness (QED) is 0.149. The number of hydrogen-bond donors (Lipinski definition) is 2. The maximum Gasteiger partial charge on any atom is 0.307 e. The number of benzene rings is 3. The minimum atomic E-state index is -0.873. The lowest BCUT2D eigenvalue weighted by Crippen LogP contribution is -2.35. The van der Waals surface area contributed by atoms with Crippen LogP contribution in [0.25, 0.3) is 11.1 Å². The average Bonchev–Trinajstić information content (AvgIpc) is 3.85. The molecule has 2 N–H and O–H groups in total. The number of ether oxygens (including phenoxy) is 1. The monoisotopic (exact) mass is 612 g/mol. The summed E-state index contributed by atoms with van der Waals surface area (Å²) in [5, 5.41) is 17.6. The summed E-state index contributed by atoms with van der Waals surface area (Å²) in [7, 11) is 0. The number of amides is 1. The number of nitrogens with zero attached hydrogens (tertiary/aromatic N) is 1. The van der Waals surface area contributed by atoms with Gasteiger partial charge in [-0.15, -0.1) is 0 Å². The van der Waals surface area contributed by atoms with Crippen LogP contribution in [0, 0.1) is 11.3 Å². The zero-order valence-electron chi connectivity index (χ0n) is 28.1. The highest BCUT2D eigenvalue weighted by atomic mass is 16.5. The van der Waals surface area contributed by atoms with E-state index in [1.54, 1.807) is 4.90 Å². The SMILES string of the molecule is CCC(=O)N(CC)C(=N)CCCc1cccc(-c2ccc(OCC3CC3)c(CC(=O)O)c2)c1.CCc1ccc(C(C)(C)C)cc1. The van der Waals surface area contributed by atoms with Crippen molar-refractivity contribution >= 4 is 17.7 Å². The van der Waals surface area contributed by atoms with Crippen LogP contribution in [0.15, 0.2) is 66.7 Å². The molecule has 45 heavy (non-hydrogen) atoms. The molecule has 1 fully saturated rings. The molecule has 0 aliphatic heterocycles. The Hall–Kier alpha value is -3.93. The number of aliphatic carboxylic acids is 1. The fourth-order valence-corrected chi connectivity index (χ4v) is 5.14. The van der Waals surface area contributed by atoms with E-state index in [2.05, 4.69) is 64.1 Å². The van der Waals surface area contributed by atoms with Crippen LogP contribution in [0.1, 0.15) is 95.9 Å². The van der Waals surface area contributed by atoms with E-state index < -0.39 is 5.97 Å². The van der Waals surface area contributed by atoms with Crippen LogP contribution in [0.5, 0.6) is 5.75 Å². The summed E-state index contributed by atoms with van der Waals surface area (Å²) in [6, 6.07) is 22.9. The van der Waals surface area contributed by atoms with Crippen LogP contribution in [0.3, 0.4) is 0 Å². The Balaban J connectivity index is 0.000000385. The number of carboxylic acid groups (broad SMARTS) is 1. The van der Waals surface area contributed by atoms with E-state index in [9.17, 15) is 14.7 Å². The van der Waals surface area contributed by atoms with Gasteiger partial charge in [0.2, 0.25) is 5.91 Å². The van der Waals surface area contributed by atoms with E-state index in [1.165, 1.54) is 24.0 Å². The average molecular weight is 613 g/mol. The number of carbonyl (C=O) groups excluding carboxylic acids is 1. The van der Waals surface area contributed by atoms with Gasteiger partial charge in [-0.2, -0.15) is 0 Å². The molecule has 0 spiro atoms. The highest BCUT2D eigenvalue weighted by Gasteiger charge is 2.23. The number of aryl methyl sites for hydroxylation is 2. The third-order valence-electron chi connectivity index (χ3n) is 8.19. The van der Waals surface area contributed by atoms with E-state index in [1.807, 2.05) is 44.2 Å². The van der Waals surface area contributed by atoms with Crippen LogP contribution in [0.4, 0.5) is 0 Å². The normalized spacial score (nSPS) is 12.6. The molecule has 1 saturated carbocycles. The summed E-state index contributed by atoms with van der Waals surface area (Å²) in [4.78, 5) is 24.9. The lowest BCUT2D eigenvalue weighted by Gasteiger charge is -2.21. The molecule has 6 nitrogen and oxygen atoms in total. The first-order valence-corrected chi connectivity index (χ1v) is 16.5. The Morgan fingerprint density at radius 1 is 0.933 bits per heavy atom. The first-order valence-electron chi connectivity index (χ1n) is 16.5. The van der Waals surface area contributed by atoms with Gasteiger partial charge in [0.15, 0.2) is 0 Å². The van der Waals surface area contributed by atoms with Crippen molar-refractivity contribution in [1.82, 2.24) is 4.90 Å². The maximum atomic E-state index is 12.0. The summed E-state index contributed by atoms with van der Waals surface area (Å²) in [6.45, 7) is 13.8. The van der Waals surface area contributed by atoms with Crippen LogP contribution in [-0.4, -0.2) is 40.9 Å². The van der Waals surface area contributed by atoms with E-state index in [4.69, 9.17) is 10.1 Å². The second-order valence-corrected chi connectivity index (χ2v) is 12.9. The Labute approximate surface area is 270 Å². The molecule has 0 radical (unpaired) electrons. The molecule has 4 rings (SSSR count). The summed E-state index contributed by atoms with van der Waals surface area (Å²) in [5.74, 6) is 0.754. The second kappa shape index (κ2) is 17.0. The van der Waals surface area contributed by atoms with Crippen LogP contribution in [0.2, 0.25) is 0 Å². The number of carbonyl (C=O) groups is 2. The van der Waals surface area contributed by atoms with E-state index in [0.29, 0.717) is 49.1 Å². The molecule has 0 bridgehead atoms. The third-order valence-corrected chi connectivity index (χ3v) is 8.19. The number of rotatable bonds is 13. The summed E-state index contributed by atoms with van der Waals surface area (Å²) >= 11 is 0. The van der Waals surface area contributed by atoms with Crippen molar-refractivity contribution in [3.05, 3.63) is 89.0 Å². The lowest BCUT2D eigenvalue weighted by atomic mass is 9.86. The van der Waals surface area contributed by atoms with Gasteiger partial charge in [-0.3, -0.25) is 15.0 Å². The van der Waals surface area contributed by atoms with Crippen molar-refractivity contribution in [2.75, 3.05) is 13.2 Å². The van der Waals surface area contributed by atoms with Crippen LogP contribution < -0.4 is 4.74 Å². The predicted molar refractivity (Wildman–Crippen MR) is 184 cm³/mol. The number of hydrogen-bond acceptors (Lipinski definition) is 4. The maximum absolute atomic E-state index is 12.0. The molecular weight excluding hydrogens is 560 g/mol. The number of nitrogens with one attached hydrogen (secondary N) is 1. The fraction of sp³-hybridized carbons (Fsp3) is 0.462. The van der Waals surface area contributed by atoms with E-state index in [0.717, 1.165) is 36.0 Å². The van der Waals surface area contributed by atoms with Gasteiger partial charge in [-0.1, -0.05) is 89.2 Å². The minimum absolute atomic E-state index is 0.00813. The number of carboxylic acids is 1. The first kappa shape index (κ1) is 35.5. The largest absolute Gasteiger partial charge is 0.493 e. The van der Waals surface area contributed by atoms with Crippen molar-refractivity contribution in [1.29, 1.82) is 5.41 Å². The Morgan fingerprint density at radius 2 is 1.62 bits per heavy atom. The third kappa shape index (κ3) is 11.5. The van der Waals surface area contributed by atoms with E-state index in [-0.39, 0.29) is 17.7 Å². The zero-order valence-corrected chi connectivity index (χ0v) is 28.1. The van der Waals surface area contributed by atoms with Crippen LogP contribution in [-0.2, 0) is 34.3 Å². The molecule has 1 aliphatic rings. The molecule has 242 valence electrons. The van der Waals surface area contributed by atoms with Gasteiger partial charge in [0.05, 0.1) is 13.0 Å². The van der Waals surface area contributed by atoms with Crippen molar-refractivity contribution in [3.63, 3.8) is 0 Å². The van der Waals surface area contributed by atoms with Crippen molar-refractivity contribution in [2.45, 2.75) is 98.3 Å². The lowest BCUT2D eigenvalue weighted by molar-refractivity contribution is -0.136. The molecule has 0 atom stereocenters. The van der Waals surface area contributed by atoms with Crippen molar-refractivity contribution in [2.24, 2.45) is 5.92 Å². The molecule has 0 aromatic heterocycles. The zero-order chi connectivity index (χ0) is 33.0. The molecule has 0 saturated heterocycles. The first-order chi connectivity index (χ1) is 21.4. The Morgan fingerprint density at radius 3 is 2.20 bits per heavy atom. The van der Waals surface area contributed by atoms with Gasteiger partial charge in [-0.25, -0.2) is 0 Å². The fourth-order valence-electron chi connectivity index (χ4n) is 5.14. The summed E-state index contributed by atoms with van der Waals surface area (Å²) < 4.78 is 5.89. The Bertz CT molecular complexity index is 1420. The van der Waals surface area contributed by atoms with Gasteiger partial charge in [0.25, 0.3) is 0 Å². The molecular formula is C39H52N2O4. The molecule has 1 aliphatic carbocycles. The van der Waals surface area contributed by atoms with Gasteiger partial charge >= 0.3 is 5.97 Å². The highest BCUT2D eigenvalue weighted by molar-refractivity contribution is 5.96. The Kier molecular flexibility index (Phi) is 13.4. The number of amidine groups is 1. The van der Waals surface area contributed by atoms with Crippen molar-refractivity contribution < 1.29 is 19.4 Å². The highest BCUT2D eigenvalue weighted by Crippen LogP contribution is 2.32. The molecule has 6 heteroatoms. The van der Waals surface area contributed by atoms with Gasteiger partial charge in [0.1, 0.15) is 11.6 Å². The molecule has 0 heterocycles. The topological polar surface area (TPSA) is 90.7 Å². The molecule has 1 amide bonds. The standard InChI is InChI=1S/C27H34N2O4.C12H18/c1-3-26(30)29(4-2)25(28)10-6-8-19-7-5-9-21(15-19)22-13-14-24(33-18-20-11-12-20)23(16-22)17-27(31)32;1-5-10-6-8-11(9-7-10)12(2,3)4/h5,7,9,13-16,20,28H,3-4,6,8,10-12,17-18H2,1-2H3,(H,31,32);6-9H,5H2,1-4H3. The minimum Gasteiger partial charge on any atom is -0.493 e. The second-order valence-electron chi connectivity index (χ2n) is 12.9. The molecule has 3 aromatic rings. The van der Waals surface area contributed by atoms with Gasteiger partial charge < -0.3 is 14.7 Å². The summed E-state index contributed by atoms with van der Waals surface area (Å²) in [5.41, 5.74) is 6.96. The van der Waals surface area contributed by atoms with E-state index >= 15 is 0 Å². The van der Waals surface area contributed by atoms with Gasteiger partial charge in [-0.05, 0) is 90.3 Å².